The topological polar surface area (TPSA) is 141 Å². The Kier molecular flexibility index (Phi) is 2.83. The van der Waals surface area contributed by atoms with E-state index in [-0.39, 0.29) is 12.2 Å². The summed E-state index contributed by atoms with van der Waals surface area (Å²) in [5.74, 6) is 0.180. The van der Waals surface area contributed by atoms with Gasteiger partial charge in [0, 0.05) is 6.20 Å². The molecule has 20 heavy (non-hydrogen) atoms. The third kappa shape index (κ3) is 1.65. The average Bonchev–Trinajstić information content (AvgIpc) is 2.93. The van der Waals surface area contributed by atoms with E-state index in [0.29, 0.717) is 16.6 Å². The van der Waals surface area contributed by atoms with Crippen LogP contribution >= 0.6 is 0 Å². The van der Waals surface area contributed by atoms with E-state index in [1.807, 2.05) is 6.07 Å². The Labute approximate surface area is 113 Å². The van der Waals surface area contributed by atoms with Crippen molar-refractivity contribution in [1.82, 2.24) is 14.5 Å². The van der Waals surface area contributed by atoms with Crippen LogP contribution in [0, 0.1) is 11.3 Å². The molecule has 0 unspecified atom stereocenters. The number of rotatable bonds is 1. The van der Waals surface area contributed by atoms with E-state index in [9.17, 15) is 15.3 Å². The molecule has 5 N–H and O–H groups in total. The van der Waals surface area contributed by atoms with Crippen LogP contribution in [0.25, 0.3) is 11.0 Å². The van der Waals surface area contributed by atoms with Crippen molar-refractivity contribution in [3.05, 3.63) is 18.1 Å². The van der Waals surface area contributed by atoms with E-state index in [1.54, 1.807) is 4.57 Å². The van der Waals surface area contributed by atoms with Crippen molar-refractivity contribution in [2.24, 2.45) is 0 Å². The second-order valence-corrected chi connectivity index (χ2v) is 4.87. The van der Waals surface area contributed by atoms with Crippen molar-refractivity contribution in [1.29, 1.82) is 5.26 Å². The molecule has 8 heteroatoms. The smallest absolute Gasteiger partial charge is 0.147 e. The van der Waals surface area contributed by atoms with Crippen LogP contribution in [0.5, 0.6) is 0 Å². The Morgan fingerprint density at radius 2 is 2.05 bits per heavy atom. The van der Waals surface area contributed by atoms with Crippen LogP contribution in [-0.2, 0) is 0 Å². The van der Waals surface area contributed by atoms with Crippen LogP contribution in [0.1, 0.15) is 18.0 Å². The molecular weight excluding hydrogens is 262 g/mol. The molecule has 0 radical (unpaired) electrons. The van der Waals surface area contributed by atoms with Gasteiger partial charge in [-0.25, -0.2) is 9.97 Å². The molecule has 2 aromatic rings. The molecule has 0 saturated heterocycles. The first-order chi connectivity index (χ1) is 9.54. The molecule has 2 heterocycles. The quantitative estimate of drug-likeness (QED) is 0.518. The van der Waals surface area contributed by atoms with Crippen molar-refractivity contribution < 1.29 is 15.3 Å². The van der Waals surface area contributed by atoms with E-state index in [0.717, 1.165) is 0 Å². The summed E-state index contributed by atoms with van der Waals surface area (Å²) in [6.45, 7) is 0. The minimum atomic E-state index is -1.22. The Bertz CT molecular complexity index is 707. The standard InChI is InChI=1S/C12H13N5O3/c13-2-5-3-17(6-1-7(18)10(20)9(6)19)12-8(5)11(14)15-4-16-12/h3-4,6-7,9-10,18-20H,1H2,(H2,14,15,16)/t6-,7+,9+,10-/m0/s1. The lowest BCUT2D eigenvalue weighted by atomic mass is 10.2. The highest BCUT2D eigenvalue weighted by Crippen LogP contribution is 2.35. The fourth-order valence-corrected chi connectivity index (χ4v) is 2.71. The van der Waals surface area contributed by atoms with Gasteiger partial charge in [0.1, 0.15) is 36.1 Å². The van der Waals surface area contributed by atoms with E-state index >= 15 is 0 Å². The largest absolute Gasteiger partial charge is 0.390 e. The Morgan fingerprint density at radius 1 is 1.30 bits per heavy atom. The number of aliphatic hydroxyl groups is 3. The first kappa shape index (κ1) is 12.8. The maximum atomic E-state index is 10.0. The first-order valence-corrected chi connectivity index (χ1v) is 6.10. The molecular formula is C12H13N5O3. The highest BCUT2D eigenvalue weighted by molar-refractivity contribution is 5.92. The Hall–Kier alpha value is -2.21. The fraction of sp³-hybridized carbons (Fsp3) is 0.417. The highest BCUT2D eigenvalue weighted by Gasteiger charge is 2.42. The van der Waals surface area contributed by atoms with E-state index in [1.165, 1.54) is 12.5 Å². The lowest BCUT2D eigenvalue weighted by Gasteiger charge is -2.18. The lowest BCUT2D eigenvalue weighted by molar-refractivity contribution is -0.0244. The van der Waals surface area contributed by atoms with Gasteiger partial charge in [-0.1, -0.05) is 0 Å². The summed E-state index contributed by atoms with van der Waals surface area (Å²) in [7, 11) is 0. The molecule has 1 aliphatic rings. The van der Waals surface area contributed by atoms with Gasteiger partial charge in [-0.2, -0.15) is 5.26 Å². The number of anilines is 1. The number of aliphatic hydroxyl groups excluding tert-OH is 3. The predicted octanol–water partition coefficient (Wildman–Crippen LogP) is -1.09. The molecule has 4 atom stereocenters. The summed E-state index contributed by atoms with van der Waals surface area (Å²) in [4.78, 5) is 7.93. The van der Waals surface area contributed by atoms with Gasteiger partial charge in [0.25, 0.3) is 0 Å². The van der Waals surface area contributed by atoms with Crippen molar-refractivity contribution in [3.63, 3.8) is 0 Å². The maximum Gasteiger partial charge on any atom is 0.147 e. The molecule has 0 aromatic carbocycles. The Morgan fingerprint density at radius 3 is 2.65 bits per heavy atom. The zero-order valence-corrected chi connectivity index (χ0v) is 10.4. The van der Waals surface area contributed by atoms with Gasteiger partial charge in [0.05, 0.1) is 23.1 Å². The van der Waals surface area contributed by atoms with Gasteiger partial charge in [0.2, 0.25) is 0 Å². The Balaban J connectivity index is 2.19. The molecule has 1 saturated carbocycles. The molecule has 2 aromatic heterocycles. The zero-order valence-electron chi connectivity index (χ0n) is 10.4. The molecule has 0 bridgehead atoms. The SMILES string of the molecule is N#Cc1cn([C@H]2C[C@@H](O)[C@H](O)[C@@H]2O)c2ncnc(N)c12. The number of hydrogen-bond acceptors (Lipinski definition) is 7. The van der Waals surface area contributed by atoms with Crippen molar-refractivity contribution in [2.45, 2.75) is 30.8 Å². The van der Waals surface area contributed by atoms with Crippen LogP contribution in [-0.4, -0.2) is 48.2 Å². The normalized spacial score (nSPS) is 29.7. The molecule has 0 aliphatic heterocycles. The monoisotopic (exact) mass is 275 g/mol. The van der Waals surface area contributed by atoms with Crippen molar-refractivity contribution >= 4 is 16.9 Å². The van der Waals surface area contributed by atoms with Gasteiger partial charge >= 0.3 is 0 Å². The van der Waals surface area contributed by atoms with E-state index < -0.39 is 24.4 Å². The second kappa shape index (κ2) is 4.42. The summed E-state index contributed by atoms with van der Waals surface area (Å²) < 4.78 is 1.57. The van der Waals surface area contributed by atoms with Crippen molar-refractivity contribution in [2.75, 3.05) is 5.73 Å². The molecule has 104 valence electrons. The van der Waals surface area contributed by atoms with E-state index in [4.69, 9.17) is 11.0 Å². The first-order valence-electron chi connectivity index (χ1n) is 6.10. The molecule has 1 aliphatic carbocycles. The van der Waals surface area contributed by atoms with Crippen molar-refractivity contribution in [3.8, 4) is 6.07 Å². The van der Waals surface area contributed by atoms with Crippen LogP contribution in [0.2, 0.25) is 0 Å². The van der Waals surface area contributed by atoms with Crippen LogP contribution in [0.3, 0.4) is 0 Å². The van der Waals surface area contributed by atoms with Crippen LogP contribution < -0.4 is 5.73 Å². The molecule has 1 fully saturated rings. The lowest BCUT2D eigenvalue weighted by Crippen LogP contribution is -2.31. The molecule has 0 amide bonds. The molecule has 3 rings (SSSR count). The summed E-state index contributed by atoms with van der Waals surface area (Å²) in [6, 6.07) is 1.43. The van der Waals surface area contributed by atoms with Crippen LogP contribution in [0.4, 0.5) is 5.82 Å². The minimum Gasteiger partial charge on any atom is -0.390 e. The molecule has 8 nitrogen and oxygen atoms in total. The maximum absolute atomic E-state index is 10.0. The summed E-state index contributed by atoms with van der Waals surface area (Å²) >= 11 is 0. The fourth-order valence-electron chi connectivity index (χ4n) is 2.71. The third-order valence-electron chi connectivity index (χ3n) is 3.74. The zero-order chi connectivity index (χ0) is 14.4. The minimum absolute atomic E-state index is 0.168. The second-order valence-electron chi connectivity index (χ2n) is 4.87. The van der Waals surface area contributed by atoms with Gasteiger partial charge in [-0.3, -0.25) is 0 Å². The number of fused-ring (bicyclic) bond motifs is 1. The number of aromatic nitrogens is 3. The number of nitrogens with two attached hydrogens (primary N) is 1. The molecule has 0 spiro atoms. The summed E-state index contributed by atoms with van der Waals surface area (Å²) in [6.07, 6.45) is -0.429. The predicted molar refractivity (Wildman–Crippen MR) is 68.3 cm³/mol. The summed E-state index contributed by atoms with van der Waals surface area (Å²) in [5.41, 5.74) is 6.45. The van der Waals surface area contributed by atoms with Gasteiger partial charge < -0.3 is 25.6 Å². The number of hydrogen-bond donors (Lipinski definition) is 4. The number of nitrogens with zero attached hydrogens (tertiary/aromatic N) is 4. The highest BCUT2D eigenvalue weighted by atomic mass is 16.4. The van der Waals surface area contributed by atoms with Gasteiger partial charge in [-0.15, -0.1) is 0 Å². The third-order valence-corrected chi connectivity index (χ3v) is 3.74. The summed E-state index contributed by atoms with van der Waals surface area (Å²) in [5, 5.41) is 38.9. The number of nitrogen functional groups attached to an aromatic ring is 1. The number of nitriles is 1. The van der Waals surface area contributed by atoms with Crippen LogP contribution in [0.15, 0.2) is 12.5 Å². The van der Waals surface area contributed by atoms with E-state index in [2.05, 4.69) is 9.97 Å². The van der Waals surface area contributed by atoms with Gasteiger partial charge in [-0.05, 0) is 6.42 Å². The van der Waals surface area contributed by atoms with Gasteiger partial charge in [0.15, 0.2) is 0 Å². The average molecular weight is 275 g/mol.